The van der Waals surface area contributed by atoms with E-state index in [-0.39, 0.29) is 10.8 Å². The van der Waals surface area contributed by atoms with Gasteiger partial charge in [-0.3, -0.25) is 9.10 Å². The summed E-state index contributed by atoms with van der Waals surface area (Å²) in [5.74, 6) is 0.502. The van der Waals surface area contributed by atoms with Crippen molar-refractivity contribution in [2.45, 2.75) is 31.6 Å². The van der Waals surface area contributed by atoms with Gasteiger partial charge in [0.05, 0.1) is 17.7 Å². The molecule has 0 bridgehead atoms. The molecule has 0 aliphatic carbocycles. The van der Waals surface area contributed by atoms with Crippen LogP contribution in [0.4, 0.5) is 5.69 Å². The first-order valence-electron chi connectivity index (χ1n) is 9.37. The van der Waals surface area contributed by atoms with E-state index in [2.05, 4.69) is 0 Å². The Kier molecular flexibility index (Phi) is 7.45. The minimum absolute atomic E-state index is 0.0876. The van der Waals surface area contributed by atoms with Crippen molar-refractivity contribution in [1.29, 1.82) is 0 Å². The number of carbonyl (C=O) groups excluding carboxylic acids is 1. The van der Waals surface area contributed by atoms with Gasteiger partial charge < -0.3 is 9.64 Å². The average molecular weight is 405 g/mol. The molecule has 0 aliphatic heterocycles. The highest BCUT2D eigenvalue weighted by Gasteiger charge is 2.23. The number of nitrogens with zero attached hydrogens (tertiary/aromatic N) is 2. The molecule has 6 nitrogen and oxygen atoms in total. The number of carbonyl (C=O) groups is 1. The largest absolute Gasteiger partial charge is 0.497 e. The van der Waals surface area contributed by atoms with E-state index in [0.29, 0.717) is 30.1 Å². The van der Waals surface area contributed by atoms with Gasteiger partial charge >= 0.3 is 0 Å². The number of methoxy groups -OCH3 is 1. The summed E-state index contributed by atoms with van der Waals surface area (Å²) >= 11 is 0. The number of benzene rings is 2. The number of amides is 1. The lowest BCUT2D eigenvalue weighted by atomic mass is 10.2. The smallest absolute Gasteiger partial charge is 0.264 e. The van der Waals surface area contributed by atoms with Gasteiger partial charge in [-0.2, -0.15) is 0 Å². The maximum Gasteiger partial charge on any atom is 0.264 e. The van der Waals surface area contributed by atoms with Crippen LogP contribution in [0.3, 0.4) is 0 Å². The molecule has 2 aromatic rings. The molecule has 0 atom stereocenters. The molecule has 0 radical (unpaired) electrons. The summed E-state index contributed by atoms with van der Waals surface area (Å²) in [5, 5.41) is 0. The molecular weight excluding hydrogens is 376 g/mol. The average Bonchev–Trinajstić information content (AvgIpc) is 2.72. The van der Waals surface area contributed by atoms with Crippen LogP contribution in [0.5, 0.6) is 5.75 Å². The minimum atomic E-state index is -3.80. The Bertz CT molecular complexity index is 889. The van der Waals surface area contributed by atoms with Crippen molar-refractivity contribution in [1.82, 2.24) is 4.90 Å². The van der Waals surface area contributed by atoms with E-state index in [4.69, 9.17) is 4.74 Å². The van der Waals surface area contributed by atoms with E-state index in [1.165, 1.54) is 23.5 Å². The van der Waals surface area contributed by atoms with Crippen molar-refractivity contribution in [3.8, 4) is 5.75 Å². The second kappa shape index (κ2) is 9.59. The summed E-state index contributed by atoms with van der Waals surface area (Å²) in [7, 11) is -0.750. The highest BCUT2D eigenvalue weighted by Crippen LogP contribution is 2.25. The lowest BCUT2D eigenvalue weighted by molar-refractivity contribution is 0.0755. The van der Waals surface area contributed by atoms with Gasteiger partial charge in [-0.1, -0.05) is 19.9 Å². The molecule has 0 fully saturated rings. The Hall–Kier alpha value is -2.54. The lowest BCUT2D eigenvalue weighted by Crippen LogP contribution is -2.33. The molecular formula is C21H28N2O4S. The standard InChI is InChI=1S/C21H28N2O4S/c1-5-14-23(15-6-2)21(24)17-8-7-9-20(16-17)28(25,26)22(3)18-10-12-19(27-4)13-11-18/h7-13,16H,5-6,14-15H2,1-4H3. The van der Waals surface area contributed by atoms with Crippen LogP contribution in [-0.4, -0.2) is 46.5 Å². The zero-order valence-corrected chi connectivity index (χ0v) is 17.7. The molecule has 0 spiro atoms. The molecule has 2 aromatic carbocycles. The van der Waals surface area contributed by atoms with E-state index in [1.807, 2.05) is 13.8 Å². The van der Waals surface area contributed by atoms with E-state index in [9.17, 15) is 13.2 Å². The van der Waals surface area contributed by atoms with Crippen LogP contribution in [-0.2, 0) is 10.0 Å². The summed E-state index contributed by atoms with van der Waals surface area (Å²) in [6.45, 7) is 5.33. The molecule has 7 heteroatoms. The van der Waals surface area contributed by atoms with Gasteiger partial charge in [0, 0.05) is 25.7 Å². The Morgan fingerprint density at radius 3 is 2.14 bits per heavy atom. The van der Waals surface area contributed by atoms with E-state index >= 15 is 0 Å². The summed E-state index contributed by atoms with van der Waals surface area (Å²) in [4.78, 5) is 14.7. The monoisotopic (exact) mass is 404 g/mol. The first-order valence-corrected chi connectivity index (χ1v) is 10.8. The highest BCUT2D eigenvalue weighted by atomic mass is 32.2. The van der Waals surface area contributed by atoms with Gasteiger partial charge in [-0.05, 0) is 55.3 Å². The first kappa shape index (κ1) is 21.8. The molecule has 0 unspecified atom stereocenters. The van der Waals surface area contributed by atoms with E-state index < -0.39 is 10.0 Å². The molecule has 0 aromatic heterocycles. The summed E-state index contributed by atoms with van der Waals surface area (Å²) in [6, 6.07) is 13.0. The van der Waals surface area contributed by atoms with Crippen LogP contribution < -0.4 is 9.04 Å². The molecule has 0 saturated heterocycles. The zero-order valence-electron chi connectivity index (χ0n) is 16.9. The number of anilines is 1. The highest BCUT2D eigenvalue weighted by molar-refractivity contribution is 7.92. The summed E-state index contributed by atoms with van der Waals surface area (Å²) in [5.41, 5.74) is 0.891. The fourth-order valence-electron chi connectivity index (χ4n) is 2.92. The van der Waals surface area contributed by atoms with Crippen molar-refractivity contribution in [2.75, 3.05) is 31.6 Å². The van der Waals surface area contributed by atoms with E-state index in [1.54, 1.807) is 48.4 Å². The van der Waals surface area contributed by atoms with Gasteiger partial charge in [0.2, 0.25) is 0 Å². The molecule has 2 rings (SSSR count). The van der Waals surface area contributed by atoms with Gasteiger partial charge in [-0.15, -0.1) is 0 Å². The third kappa shape index (κ3) is 4.84. The zero-order chi connectivity index (χ0) is 20.7. The van der Waals surface area contributed by atoms with Gasteiger partial charge in [0.1, 0.15) is 5.75 Å². The van der Waals surface area contributed by atoms with Gasteiger partial charge in [-0.25, -0.2) is 8.42 Å². The molecule has 0 aliphatic rings. The van der Waals surface area contributed by atoms with Crippen molar-refractivity contribution in [2.24, 2.45) is 0 Å². The van der Waals surface area contributed by atoms with Crippen molar-refractivity contribution in [3.05, 3.63) is 54.1 Å². The van der Waals surface area contributed by atoms with Crippen molar-refractivity contribution < 1.29 is 17.9 Å². The third-order valence-corrected chi connectivity index (χ3v) is 6.23. The lowest BCUT2D eigenvalue weighted by Gasteiger charge is -2.23. The fraction of sp³-hybridized carbons (Fsp3) is 0.381. The summed E-state index contributed by atoms with van der Waals surface area (Å²) < 4.78 is 32.4. The third-order valence-electron chi connectivity index (χ3n) is 4.45. The minimum Gasteiger partial charge on any atom is -0.497 e. The van der Waals surface area contributed by atoms with Crippen molar-refractivity contribution in [3.63, 3.8) is 0 Å². The molecule has 28 heavy (non-hydrogen) atoms. The van der Waals surface area contributed by atoms with Crippen LogP contribution in [0.1, 0.15) is 37.0 Å². The predicted octanol–water partition coefficient (Wildman–Crippen LogP) is 3.78. The van der Waals surface area contributed by atoms with Gasteiger partial charge in [0.25, 0.3) is 15.9 Å². The van der Waals surface area contributed by atoms with E-state index in [0.717, 1.165) is 12.8 Å². The molecule has 0 saturated carbocycles. The topological polar surface area (TPSA) is 66.9 Å². The molecule has 0 heterocycles. The van der Waals surface area contributed by atoms with Crippen LogP contribution in [0.2, 0.25) is 0 Å². The number of sulfonamides is 1. The second-order valence-electron chi connectivity index (χ2n) is 6.49. The molecule has 0 N–H and O–H groups in total. The number of hydrogen-bond donors (Lipinski definition) is 0. The Morgan fingerprint density at radius 2 is 1.61 bits per heavy atom. The first-order chi connectivity index (χ1) is 13.3. The summed E-state index contributed by atoms with van der Waals surface area (Å²) in [6.07, 6.45) is 1.70. The Balaban J connectivity index is 2.33. The van der Waals surface area contributed by atoms with Crippen LogP contribution >= 0.6 is 0 Å². The SMILES string of the molecule is CCCN(CCC)C(=O)c1cccc(S(=O)(=O)N(C)c2ccc(OC)cc2)c1. The van der Waals surface area contributed by atoms with Crippen LogP contribution in [0.25, 0.3) is 0 Å². The number of ether oxygens (including phenoxy) is 1. The normalized spacial score (nSPS) is 11.1. The van der Waals surface area contributed by atoms with Crippen molar-refractivity contribution >= 4 is 21.6 Å². The second-order valence-corrected chi connectivity index (χ2v) is 8.46. The predicted molar refractivity (Wildman–Crippen MR) is 112 cm³/mol. The fourth-order valence-corrected chi connectivity index (χ4v) is 4.16. The van der Waals surface area contributed by atoms with Crippen LogP contribution in [0.15, 0.2) is 53.4 Å². The number of rotatable bonds is 9. The Morgan fingerprint density at radius 1 is 1.00 bits per heavy atom. The molecule has 152 valence electrons. The van der Waals surface area contributed by atoms with Gasteiger partial charge in [0.15, 0.2) is 0 Å². The Labute approximate surface area is 167 Å². The molecule has 1 amide bonds. The van der Waals surface area contributed by atoms with Crippen LogP contribution in [0, 0.1) is 0 Å². The maximum atomic E-state index is 13.1. The quantitative estimate of drug-likeness (QED) is 0.638. The maximum absolute atomic E-state index is 13.1. The number of hydrogen-bond acceptors (Lipinski definition) is 4.